The van der Waals surface area contributed by atoms with Crippen LogP contribution in [0.1, 0.15) is 17.2 Å². The molecule has 3 aromatic rings. The predicted molar refractivity (Wildman–Crippen MR) is 129 cm³/mol. The fourth-order valence-electron chi connectivity index (χ4n) is 3.92. The Kier molecular flexibility index (Phi) is 8.28. The highest BCUT2D eigenvalue weighted by Gasteiger charge is 2.25. The fourth-order valence-corrected chi connectivity index (χ4v) is 4.05. The Morgan fingerprint density at radius 1 is 0.943 bits per heavy atom. The maximum atomic E-state index is 14.1. The zero-order valence-corrected chi connectivity index (χ0v) is 19.6. The largest absolute Gasteiger partial charge is 0.367 e. The summed E-state index contributed by atoms with van der Waals surface area (Å²) in [7, 11) is 0. The summed E-state index contributed by atoms with van der Waals surface area (Å²) in [5.41, 5.74) is 1.11. The number of piperazine rings is 1. The maximum Gasteiger partial charge on any atom is 0.321 e. The summed E-state index contributed by atoms with van der Waals surface area (Å²) in [6.07, 6.45) is -0.459. The molecule has 0 radical (unpaired) electrons. The Morgan fingerprint density at radius 3 is 2.26 bits per heavy atom. The molecule has 1 atom stereocenters. The number of amides is 2. The van der Waals surface area contributed by atoms with Crippen LogP contribution in [-0.4, -0.2) is 48.6 Å². The number of benzene rings is 3. The predicted octanol–water partition coefficient (Wildman–Crippen LogP) is 5.86. The average molecular weight is 504 g/mol. The van der Waals surface area contributed by atoms with E-state index in [0.29, 0.717) is 43.4 Å². The highest BCUT2D eigenvalue weighted by molar-refractivity contribution is 6.30. The van der Waals surface area contributed by atoms with Gasteiger partial charge in [-0.2, -0.15) is 0 Å². The average Bonchev–Trinajstić information content (AvgIpc) is 2.84. The Labute approximate surface area is 207 Å². The monoisotopic (exact) mass is 503 g/mol. The van der Waals surface area contributed by atoms with Crippen LogP contribution in [0.2, 0.25) is 5.02 Å². The normalized spacial score (nSPS) is 15.1. The molecular formula is C26H25ClF3N3O2. The number of carbonyl (C=O) groups is 1. The first kappa shape index (κ1) is 25.0. The van der Waals surface area contributed by atoms with Gasteiger partial charge in [-0.1, -0.05) is 35.9 Å². The smallest absolute Gasteiger partial charge is 0.321 e. The molecule has 3 aromatic carbocycles. The van der Waals surface area contributed by atoms with Crippen molar-refractivity contribution in [2.75, 3.05) is 38.0 Å². The van der Waals surface area contributed by atoms with Crippen LogP contribution in [0.3, 0.4) is 0 Å². The van der Waals surface area contributed by atoms with Crippen LogP contribution in [0.25, 0.3) is 0 Å². The number of carbonyl (C=O) groups excluding carboxylic acids is 1. The lowest BCUT2D eigenvalue weighted by Crippen LogP contribution is -2.50. The van der Waals surface area contributed by atoms with Gasteiger partial charge in [0.25, 0.3) is 0 Å². The molecule has 1 N–H and O–H groups in total. The minimum absolute atomic E-state index is 0.120. The molecule has 0 bridgehead atoms. The Hall–Kier alpha value is -3.07. The molecule has 1 fully saturated rings. The molecular weight excluding hydrogens is 479 g/mol. The molecule has 4 rings (SSSR count). The first-order chi connectivity index (χ1) is 16.9. The summed E-state index contributed by atoms with van der Waals surface area (Å²) in [5.74, 6) is -1.73. The minimum atomic E-state index is -0.655. The molecule has 184 valence electrons. The molecule has 9 heteroatoms. The van der Waals surface area contributed by atoms with E-state index in [4.69, 9.17) is 16.3 Å². The van der Waals surface area contributed by atoms with Crippen molar-refractivity contribution in [3.05, 3.63) is 100 Å². The number of rotatable bonds is 7. The van der Waals surface area contributed by atoms with E-state index in [0.717, 1.165) is 5.56 Å². The van der Waals surface area contributed by atoms with Gasteiger partial charge in [-0.15, -0.1) is 0 Å². The third kappa shape index (κ3) is 6.75. The molecule has 0 unspecified atom stereocenters. The molecule has 1 heterocycles. The highest BCUT2D eigenvalue weighted by Crippen LogP contribution is 2.25. The molecule has 1 aliphatic heterocycles. The zero-order valence-electron chi connectivity index (χ0n) is 18.9. The molecule has 0 aliphatic carbocycles. The molecule has 35 heavy (non-hydrogen) atoms. The van der Waals surface area contributed by atoms with Gasteiger partial charge >= 0.3 is 6.03 Å². The number of ether oxygens (including phenoxy) is 1. The summed E-state index contributed by atoms with van der Waals surface area (Å²) in [4.78, 5) is 16.3. The Bertz CT molecular complexity index is 1130. The van der Waals surface area contributed by atoms with Crippen LogP contribution in [-0.2, 0) is 11.3 Å². The second-order valence-corrected chi connectivity index (χ2v) is 8.72. The van der Waals surface area contributed by atoms with Gasteiger partial charge < -0.3 is 15.0 Å². The lowest BCUT2D eigenvalue weighted by molar-refractivity contribution is 0.00376. The number of anilines is 1. The standard InChI is InChI=1S/C26H25ClF3N3O2/c27-19-9-7-18(8-10-19)25(35-17-22-23(29)5-2-6-24(22)30)16-32-11-13-33(14-12-32)26(34)31-21-4-1-3-20(28)15-21/h1-10,15,25H,11-14,16-17H2,(H,31,34)/t25-/m0/s1. The number of halogens is 4. The lowest BCUT2D eigenvalue weighted by atomic mass is 10.1. The first-order valence-electron chi connectivity index (χ1n) is 11.2. The van der Waals surface area contributed by atoms with Crippen LogP contribution in [0.15, 0.2) is 66.7 Å². The van der Waals surface area contributed by atoms with Gasteiger partial charge in [0.1, 0.15) is 17.5 Å². The first-order valence-corrected chi connectivity index (χ1v) is 11.6. The van der Waals surface area contributed by atoms with Crippen molar-refractivity contribution in [1.29, 1.82) is 0 Å². The fraction of sp³-hybridized carbons (Fsp3) is 0.269. The van der Waals surface area contributed by atoms with Gasteiger partial charge in [-0.05, 0) is 48.0 Å². The topological polar surface area (TPSA) is 44.8 Å². The third-order valence-electron chi connectivity index (χ3n) is 5.89. The zero-order chi connectivity index (χ0) is 24.8. The number of hydrogen-bond donors (Lipinski definition) is 1. The van der Waals surface area contributed by atoms with Crippen molar-refractivity contribution >= 4 is 23.3 Å². The van der Waals surface area contributed by atoms with Gasteiger partial charge in [-0.3, -0.25) is 4.90 Å². The van der Waals surface area contributed by atoms with Gasteiger partial charge in [0.05, 0.1) is 12.7 Å². The second-order valence-electron chi connectivity index (χ2n) is 8.28. The molecule has 2 amide bonds. The van der Waals surface area contributed by atoms with E-state index in [1.165, 1.54) is 36.4 Å². The second kappa shape index (κ2) is 11.6. The van der Waals surface area contributed by atoms with Crippen LogP contribution < -0.4 is 5.32 Å². The van der Waals surface area contributed by atoms with Crippen LogP contribution in [0.4, 0.5) is 23.7 Å². The molecule has 0 aromatic heterocycles. The van der Waals surface area contributed by atoms with Crippen LogP contribution in [0, 0.1) is 17.5 Å². The van der Waals surface area contributed by atoms with E-state index in [2.05, 4.69) is 10.2 Å². The van der Waals surface area contributed by atoms with E-state index in [1.54, 1.807) is 23.1 Å². The van der Waals surface area contributed by atoms with Crippen molar-refractivity contribution in [2.45, 2.75) is 12.7 Å². The lowest BCUT2D eigenvalue weighted by Gasteiger charge is -2.36. The Morgan fingerprint density at radius 2 is 1.60 bits per heavy atom. The number of nitrogens with one attached hydrogen (secondary N) is 1. The van der Waals surface area contributed by atoms with Crippen molar-refractivity contribution in [1.82, 2.24) is 9.80 Å². The highest BCUT2D eigenvalue weighted by atomic mass is 35.5. The van der Waals surface area contributed by atoms with E-state index >= 15 is 0 Å². The van der Waals surface area contributed by atoms with E-state index in [9.17, 15) is 18.0 Å². The van der Waals surface area contributed by atoms with Gasteiger partial charge in [0.15, 0.2) is 0 Å². The van der Waals surface area contributed by atoms with Crippen LogP contribution in [0.5, 0.6) is 0 Å². The third-order valence-corrected chi connectivity index (χ3v) is 6.14. The number of urea groups is 1. The molecule has 5 nitrogen and oxygen atoms in total. The van der Waals surface area contributed by atoms with Crippen molar-refractivity contribution in [3.8, 4) is 0 Å². The SMILES string of the molecule is O=C(Nc1cccc(F)c1)N1CCN(C[C@H](OCc2c(F)cccc2F)c2ccc(Cl)cc2)CC1. The summed E-state index contributed by atoms with van der Waals surface area (Å²) in [6.45, 7) is 2.35. The summed E-state index contributed by atoms with van der Waals surface area (Å²) < 4.78 is 47.6. The number of hydrogen-bond acceptors (Lipinski definition) is 3. The van der Waals surface area contributed by atoms with Crippen molar-refractivity contribution in [3.63, 3.8) is 0 Å². The maximum absolute atomic E-state index is 14.1. The van der Waals surface area contributed by atoms with E-state index in [-0.39, 0.29) is 18.2 Å². The van der Waals surface area contributed by atoms with E-state index < -0.39 is 23.6 Å². The number of nitrogens with zero attached hydrogens (tertiary/aromatic N) is 2. The quantitative estimate of drug-likeness (QED) is 0.439. The molecule has 1 saturated heterocycles. The van der Waals surface area contributed by atoms with Gasteiger partial charge in [0.2, 0.25) is 0 Å². The molecule has 1 aliphatic rings. The van der Waals surface area contributed by atoms with Gasteiger partial charge in [0, 0.05) is 49.0 Å². The van der Waals surface area contributed by atoms with Crippen molar-refractivity contribution < 1.29 is 22.7 Å². The summed E-state index contributed by atoms with van der Waals surface area (Å²) in [6, 6.07) is 16.3. The minimum Gasteiger partial charge on any atom is -0.367 e. The van der Waals surface area contributed by atoms with Gasteiger partial charge in [-0.25, -0.2) is 18.0 Å². The molecule has 0 spiro atoms. The van der Waals surface area contributed by atoms with Crippen molar-refractivity contribution in [2.24, 2.45) is 0 Å². The van der Waals surface area contributed by atoms with E-state index in [1.807, 2.05) is 12.1 Å². The summed E-state index contributed by atoms with van der Waals surface area (Å²) in [5, 5.41) is 3.28. The summed E-state index contributed by atoms with van der Waals surface area (Å²) >= 11 is 6.02. The Balaban J connectivity index is 1.37. The molecule has 0 saturated carbocycles. The van der Waals surface area contributed by atoms with Crippen LogP contribution >= 0.6 is 11.6 Å².